The van der Waals surface area contributed by atoms with Crippen LogP contribution in [0.4, 0.5) is 23.1 Å². The molecule has 1 aliphatic heterocycles. The zero-order chi connectivity index (χ0) is 22.5. The summed E-state index contributed by atoms with van der Waals surface area (Å²) in [6.07, 6.45) is 7.66. The molecule has 0 atom stereocenters. The minimum absolute atomic E-state index is 0.655. The van der Waals surface area contributed by atoms with Gasteiger partial charge < -0.3 is 15.1 Å². The molecule has 0 radical (unpaired) electrons. The predicted octanol–water partition coefficient (Wildman–Crippen LogP) is 4.14. The second-order valence-electron chi connectivity index (χ2n) is 7.95. The summed E-state index contributed by atoms with van der Waals surface area (Å²) in [6.45, 7) is 5.57. The van der Waals surface area contributed by atoms with Crippen molar-refractivity contribution in [1.29, 1.82) is 0 Å². The molecule has 0 bridgehead atoms. The first-order valence-electron chi connectivity index (χ1n) is 11.0. The minimum atomic E-state index is 0.655. The van der Waals surface area contributed by atoms with Crippen LogP contribution < -0.4 is 15.1 Å². The fourth-order valence-electron chi connectivity index (χ4n) is 3.85. The molecule has 0 aliphatic carbocycles. The van der Waals surface area contributed by atoms with Gasteiger partial charge in [0, 0.05) is 62.1 Å². The van der Waals surface area contributed by atoms with Crippen molar-refractivity contribution in [1.82, 2.24) is 25.1 Å². The van der Waals surface area contributed by atoms with E-state index >= 15 is 0 Å². The number of hydrogen-bond donors (Lipinski definition) is 2. The molecule has 2 N–H and O–H groups in total. The Morgan fingerprint density at radius 2 is 1.61 bits per heavy atom. The lowest BCUT2D eigenvalue weighted by Gasteiger charge is -2.36. The summed E-state index contributed by atoms with van der Waals surface area (Å²) in [5, 5.41) is 10.5. The summed E-state index contributed by atoms with van der Waals surface area (Å²) < 4.78 is 0. The number of rotatable bonds is 6. The van der Waals surface area contributed by atoms with E-state index in [1.54, 1.807) is 0 Å². The van der Waals surface area contributed by atoms with Gasteiger partial charge in [-0.2, -0.15) is 5.10 Å². The smallest absolute Gasteiger partial charge is 0.156 e. The first-order chi connectivity index (χ1) is 16.2. The Morgan fingerprint density at radius 1 is 0.848 bits per heavy atom. The molecule has 3 aromatic heterocycles. The molecule has 166 valence electrons. The number of nitrogens with one attached hydrogen (secondary N) is 2. The maximum absolute atomic E-state index is 4.85. The number of H-pyrrole nitrogens is 1. The van der Waals surface area contributed by atoms with Crippen molar-refractivity contribution in [3.05, 3.63) is 84.1 Å². The molecule has 0 amide bonds. The predicted molar refractivity (Wildman–Crippen MR) is 133 cm³/mol. The summed E-state index contributed by atoms with van der Waals surface area (Å²) in [6, 6.07) is 18.2. The maximum Gasteiger partial charge on any atom is 0.156 e. The van der Waals surface area contributed by atoms with Crippen LogP contribution >= 0.6 is 0 Å². The zero-order valence-electron chi connectivity index (χ0n) is 18.5. The summed E-state index contributed by atoms with van der Waals surface area (Å²) in [4.78, 5) is 18.4. The Kier molecular flexibility index (Phi) is 5.97. The number of pyridine rings is 1. The van der Waals surface area contributed by atoms with Crippen molar-refractivity contribution in [3.63, 3.8) is 0 Å². The van der Waals surface area contributed by atoms with Crippen molar-refractivity contribution in [2.75, 3.05) is 41.3 Å². The first kappa shape index (κ1) is 20.7. The van der Waals surface area contributed by atoms with Crippen molar-refractivity contribution in [2.45, 2.75) is 6.92 Å². The van der Waals surface area contributed by atoms with E-state index in [9.17, 15) is 0 Å². The first-order valence-corrected chi connectivity index (χ1v) is 11.0. The monoisotopic (exact) mass is 438 g/mol. The molecular weight excluding hydrogens is 412 g/mol. The van der Waals surface area contributed by atoms with Gasteiger partial charge in [-0.3, -0.25) is 10.1 Å². The lowest BCUT2D eigenvalue weighted by atomic mass is 10.2. The number of aromatic amines is 1. The van der Waals surface area contributed by atoms with E-state index in [1.165, 1.54) is 5.69 Å². The van der Waals surface area contributed by atoms with Crippen LogP contribution in [0.1, 0.15) is 17.1 Å². The number of nitrogens with zero attached hydrogens (tertiary/aromatic N) is 6. The Balaban J connectivity index is 1.38. The number of aromatic nitrogens is 5. The average Bonchev–Trinajstić information content (AvgIpc) is 3.28. The van der Waals surface area contributed by atoms with Gasteiger partial charge in [0.2, 0.25) is 0 Å². The van der Waals surface area contributed by atoms with Gasteiger partial charge in [-0.15, -0.1) is 0 Å². The Morgan fingerprint density at radius 3 is 2.33 bits per heavy atom. The Labute approximate surface area is 193 Å². The molecule has 4 aromatic rings. The molecule has 0 saturated carbocycles. The van der Waals surface area contributed by atoms with Crippen LogP contribution in [-0.4, -0.2) is 51.3 Å². The average molecular weight is 439 g/mol. The normalized spacial score (nSPS) is 14.1. The number of benzene rings is 1. The second kappa shape index (κ2) is 9.52. The van der Waals surface area contributed by atoms with Gasteiger partial charge in [-0.25, -0.2) is 9.97 Å². The summed E-state index contributed by atoms with van der Waals surface area (Å²) in [5.74, 6) is 3.01. The zero-order valence-corrected chi connectivity index (χ0v) is 18.5. The van der Waals surface area contributed by atoms with Gasteiger partial charge in [0.1, 0.15) is 11.6 Å². The highest BCUT2D eigenvalue weighted by Gasteiger charge is 2.19. The van der Waals surface area contributed by atoms with E-state index in [0.717, 1.165) is 54.9 Å². The van der Waals surface area contributed by atoms with Gasteiger partial charge in [0.15, 0.2) is 11.6 Å². The molecule has 1 aliphatic rings. The van der Waals surface area contributed by atoms with Gasteiger partial charge >= 0.3 is 0 Å². The highest BCUT2D eigenvalue weighted by molar-refractivity contribution is 5.69. The molecule has 0 unspecified atom stereocenters. The van der Waals surface area contributed by atoms with E-state index in [4.69, 9.17) is 9.97 Å². The fraction of sp³-hybridized carbons (Fsp3) is 0.200. The van der Waals surface area contributed by atoms with E-state index in [0.29, 0.717) is 5.82 Å². The van der Waals surface area contributed by atoms with Crippen LogP contribution in [0, 0.1) is 6.92 Å². The lowest BCUT2D eigenvalue weighted by molar-refractivity contribution is 0.646. The topological polar surface area (TPSA) is 85.9 Å². The molecule has 4 heterocycles. The standard InChI is InChI=1S/C25H26N8/c1-19-17-24(31-30-19)28-23-18-25(29-22(27-23)8-7-20-5-3-2-4-6-20)33-15-13-32(14-16-33)21-9-11-26-12-10-21/h2-12,17-18H,13-16H2,1H3,(H2,27,28,29,30,31)/b8-7+. The molecule has 8 nitrogen and oxygen atoms in total. The minimum Gasteiger partial charge on any atom is -0.368 e. The summed E-state index contributed by atoms with van der Waals surface area (Å²) >= 11 is 0. The van der Waals surface area contributed by atoms with E-state index in [2.05, 4.69) is 54.6 Å². The second-order valence-corrected chi connectivity index (χ2v) is 7.95. The van der Waals surface area contributed by atoms with Gasteiger partial charge in [0.25, 0.3) is 0 Å². The molecule has 1 fully saturated rings. The fourth-order valence-corrected chi connectivity index (χ4v) is 3.85. The maximum atomic E-state index is 4.85. The molecule has 0 spiro atoms. The number of hydrogen-bond acceptors (Lipinski definition) is 7. The van der Waals surface area contributed by atoms with E-state index in [1.807, 2.05) is 61.8 Å². The summed E-state index contributed by atoms with van der Waals surface area (Å²) in [5.41, 5.74) is 3.30. The third kappa shape index (κ3) is 5.17. The van der Waals surface area contributed by atoms with Crippen LogP contribution in [-0.2, 0) is 0 Å². The molecule has 5 rings (SSSR count). The van der Waals surface area contributed by atoms with Gasteiger partial charge in [-0.1, -0.05) is 36.4 Å². The largest absolute Gasteiger partial charge is 0.368 e. The highest BCUT2D eigenvalue weighted by atomic mass is 15.3. The number of aryl methyl sites for hydroxylation is 1. The van der Waals surface area contributed by atoms with Crippen molar-refractivity contribution in [2.24, 2.45) is 0 Å². The van der Waals surface area contributed by atoms with Crippen molar-refractivity contribution >= 4 is 35.3 Å². The third-order valence-electron chi connectivity index (χ3n) is 5.55. The van der Waals surface area contributed by atoms with Crippen molar-refractivity contribution < 1.29 is 0 Å². The number of piperazine rings is 1. The lowest BCUT2D eigenvalue weighted by Crippen LogP contribution is -2.46. The van der Waals surface area contributed by atoms with Crippen molar-refractivity contribution in [3.8, 4) is 0 Å². The van der Waals surface area contributed by atoms with Gasteiger partial charge in [-0.05, 0) is 30.7 Å². The van der Waals surface area contributed by atoms with E-state index in [-0.39, 0.29) is 0 Å². The molecular formula is C25H26N8. The third-order valence-corrected chi connectivity index (χ3v) is 5.55. The molecule has 8 heteroatoms. The molecule has 33 heavy (non-hydrogen) atoms. The SMILES string of the molecule is Cc1cc(Nc2cc(N3CCN(c4ccncc4)CC3)nc(/C=C/c3ccccc3)n2)n[nH]1. The molecule has 1 saturated heterocycles. The Bertz CT molecular complexity index is 1210. The molecule has 1 aromatic carbocycles. The highest BCUT2D eigenvalue weighted by Crippen LogP contribution is 2.23. The summed E-state index contributed by atoms with van der Waals surface area (Å²) in [7, 11) is 0. The van der Waals surface area contributed by atoms with Crippen LogP contribution in [0.2, 0.25) is 0 Å². The van der Waals surface area contributed by atoms with Crippen LogP contribution in [0.5, 0.6) is 0 Å². The van der Waals surface area contributed by atoms with Crippen LogP contribution in [0.15, 0.2) is 67.0 Å². The number of anilines is 4. The van der Waals surface area contributed by atoms with Gasteiger partial charge in [0.05, 0.1) is 0 Å². The Hall–Kier alpha value is -4.20. The van der Waals surface area contributed by atoms with Crippen LogP contribution in [0.25, 0.3) is 12.2 Å². The quantitative estimate of drug-likeness (QED) is 0.468. The van der Waals surface area contributed by atoms with Crippen LogP contribution in [0.3, 0.4) is 0 Å². The van der Waals surface area contributed by atoms with E-state index < -0.39 is 0 Å².